The van der Waals surface area contributed by atoms with Gasteiger partial charge in [-0.1, -0.05) is 6.08 Å². The molecule has 1 amide bonds. The highest BCUT2D eigenvalue weighted by atomic mass is 16.6. The average molecular weight is 288 g/mol. The first kappa shape index (κ1) is 13.5. The minimum Gasteiger partial charge on any atom is -0.478 e. The monoisotopic (exact) mass is 288 g/mol. The zero-order valence-electron chi connectivity index (χ0n) is 11.7. The lowest BCUT2D eigenvalue weighted by molar-refractivity contribution is -0.130. The molecule has 2 N–H and O–H groups in total. The maximum absolute atomic E-state index is 11.8. The number of aliphatic carboxylic acids is 1. The molecule has 0 atom stereocenters. The number of allylic oxidation sites excluding steroid dienone is 1. The summed E-state index contributed by atoms with van der Waals surface area (Å²) < 4.78 is 4.97. The van der Waals surface area contributed by atoms with Gasteiger partial charge in [0.1, 0.15) is 0 Å². The van der Waals surface area contributed by atoms with Gasteiger partial charge in [-0.15, -0.1) is 0 Å². The van der Waals surface area contributed by atoms with Crippen molar-refractivity contribution in [2.24, 2.45) is 0 Å². The van der Waals surface area contributed by atoms with Crippen LogP contribution in [0.15, 0.2) is 12.3 Å². The largest absolute Gasteiger partial charge is 0.478 e. The first-order chi connectivity index (χ1) is 10.1. The quantitative estimate of drug-likeness (QED) is 0.875. The number of rotatable bonds is 2. The Balaban J connectivity index is 1.94. The number of carbonyl (C=O) groups excluding carboxylic acids is 1. The van der Waals surface area contributed by atoms with Crippen molar-refractivity contribution in [3.8, 4) is 0 Å². The van der Waals surface area contributed by atoms with Gasteiger partial charge in [0.05, 0.1) is 24.4 Å². The van der Waals surface area contributed by atoms with E-state index in [0.717, 1.165) is 23.2 Å². The van der Waals surface area contributed by atoms with Crippen molar-refractivity contribution >= 4 is 23.7 Å². The smallest absolute Gasteiger partial charge is 0.414 e. The van der Waals surface area contributed by atoms with Crippen LogP contribution in [0.3, 0.4) is 0 Å². The van der Waals surface area contributed by atoms with Gasteiger partial charge in [-0.3, -0.25) is 4.90 Å². The predicted octanol–water partition coefficient (Wildman–Crippen LogP) is 2.37. The minimum absolute atomic E-state index is 0.307. The van der Waals surface area contributed by atoms with Gasteiger partial charge in [0.25, 0.3) is 0 Å². The summed E-state index contributed by atoms with van der Waals surface area (Å²) in [6.07, 6.45) is 6.39. The van der Waals surface area contributed by atoms with Gasteiger partial charge in [0, 0.05) is 17.5 Å². The molecule has 0 spiro atoms. The molecule has 0 saturated heterocycles. The van der Waals surface area contributed by atoms with E-state index < -0.39 is 12.1 Å². The van der Waals surface area contributed by atoms with Crippen LogP contribution in [0, 0.1) is 0 Å². The summed E-state index contributed by atoms with van der Waals surface area (Å²) in [7, 11) is 0. The Kier molecular flexibility index (Phi) is 3.29. The number of nitrogens with one attached hydrogen (secondary N) is 1. The van der Waals surface area contributed by atoms with Crippen LogP contribution >= 0.6 is 0 Å². The van der Waals surface area contributed by atoms with Crippen LogP contribution < -0.4 is 0 Å². The summed E-state index contributed by atoms with van der Waals surface area (Å²) in [5.41, 5.74) is 3.84. The molecule has 2 aliphatic rings. The highest BCUT2D eigenvalue weighted by Crippen LogP contribution is 2.34. The Morgan fingerprint density at radius 2 is 2.29 bits per heavy atom. The Labute approximate surface area is 121 Å². The van der Waals surface area contributed by atoms with Crippen LogP contribution in [0.4, 0.5) is 4.79 Å². The highest BCUT2D eigenvalue weighted by molar-refractivity contribution is 6.15. The van der Waals surface area contributed by atoms with Crippen molar-refractivity contribution in [1.29, 1.82) is 0 Å². The van der Waals surface area contributed by atoms with Crippen molar-refractivity contribution in [2.45, 2.75) is 26.3 Å². The molecule has 2 heterocycles. The maximum atomic E-state index is 11.8. The third-order valence-corrected chi connectivity index (χ3v) is 3.72. The van der Waals surface area contributed by atoms with Gasteiger partial charge in [0.15, 0.2) is 0 Å². The molecule has 0 fully saturated rings. The Morgan fingerprint density at radius 3 is 3.00 bits per heavy atom. The van der Waals surface area contributed by atoms with Gasteiger partial charge in [-0.2, -0.15) is 0 Å². The van der Waals surface area contributed by atoms with Crippen LogP contribution in [-0.2, 0) is 22.5 Å². The normalized spacial score (nSPS) is 16.0. The summed E-state index contributed by atoms with van der Waals surface area (Å²) in [6, 6.07) is 0. The second kappa shape index (κ2) is 5.12. The van der Waals surface area contributed by atoms with Crippen molar-refractivity contribution < 1.29 is 19.4 Å². The number of hydrogen-bond donors (Lipinski definition) is 2. The average Bonchev–Trinajstić information content (AvgIpc) is 2.84. The number of nitrogens with zero attached hydrogens (tertiary/aromatic N) is 1. The van der Waals surface area contributed by atoms with E-state index in [-0.39, 0.29) is 0 Å². The van der Waals surface area contributed by atoms with Crippen molar-refractivity contribution in [3.05, 3.63) is 34.8 Å². The summed E-state index contributed by atoms with van der Waals surface area (Å²) in [4.78, 5) is 27.7. The summed E-state index contributed by atoms with van der Waals surface area (Å²) >= 11 is 0. The molecule has 0 bridgehead atoms. The standard InChI is InChI=1S/C15H16N2O4/c1-2-21-15(20)17-7-6-9-10-4-3-5-11(14(18)19)13(10)16-12(9)8-17/h5-7,16H,2-4,8H2,1H3,(H,18,19). The van der Waals surface area contributed by atoms with Crippen molar-refractivity contribution in [1.82, 2.24) is 9.88 Å². The topological polar surface area (TPSA) is 82.6 Å². The van der Waals surface area contributed by atoms with Crippen LogP contribution in [-0.4, -0.2) is 33.7 Å². The lowest BCUT2D eigenvalue weighted by Gasteiger charge is -2.21. The van der Waals surface area contributed by atoms with Gasteiger partial charge >= 0.3 is 12.1 Å². The summed E-state index contributed by atoms with van der Waals surface area (Å²) in [5, 5.41) is 9.27. The second-order valence-electron chi connectivity index (χ2n) is 4.97. The van der Waals surface area contributed by atoms with Crippen LogP contribution in [0.5, 0.6) is 0 Å². The fourth-order valence-electron chi connectivity index (χ4n) is 2.80. The number of H-pyrrole nitrogens is 1. The van der Waals surface area contributed by atoms with Gasteiger partial charge < -0.3 is 14.8 Å². The SMILES string of the molecule is CCOC(=O)N1C=Cc2c([nH]c3c2CCC=C3C(=O)O)C1. The lowest BCUT2D eigenvalue weighted by Crippen LogP contribution is -2.28. The summed E-state index contributed by atoms with van der Waals surface area (Å²) in [6.45, 7) is 2.45. The number of carboxylic acid groups (broad SMARTS) is 1. The highest BCUT2D eigenvalue weighted by Gasteiger charge is 2.27. The third-order valence-electron chi connectivity index (χ3n) is 3.72. The molecule has 21 heavy (non-hydrogen) atoms. The molecule has 0 aromatic carbocycles. The zero-order chi connectivity index (χ0) is 15.0. The molecule has 0 unspecified atom stereocenters. The van der Waals surface area contributed by atoms with Crippen LogP contribution in [0.1, 0.15) is 35.9 Å². The van der Waals surface area contributed by atoms with Crippen LogP contribution in [0.2, 0.25) is 0 Å². The van der Waals surface area contributed by atoms with E-state index >= 15 is 0 Å². The van der Waals surface area contributed by atoms with E-state index in [1.54, 1.807) is 19.2 Å². The summed E-state index contributed by atoms with van der Waals surface area (Å²) in [5.74, 6) is -0.930. The second-order valence-corrected chi connectivity index (χ2v) is 4.97. The Hall–Kier alpha value is -2.50. The van der Waals surface area contributed by atoms with E-state index in [1.807, 2.05) is 6.08 Å². The van der Waals surface area contributed by atoms with E-state index in [0.29, 0.717) is 30.8 Å². The van der Waals surface area contributed by atoms with E-state index in [9.17, 15) is 14.7 Å². The fraction of sp³-hybridized carbons (Fsp3) is 0.333. The molecule has 3 rings (SSSR count). The fourth-order valence-corrected chi connectivity index (χ4v) is 2.80. The molecule has 1 aromatic rings. The molecule has 1 aliphatic carbocycles. The van der Waals surface area contributed by atoms with Gasteiger partial charge in [0.2, 0.25) is 0 Å². The first-order valence-electron chi connectivity index (χ1n) is 6.91. The number of carbonyl (C=O) groups is 2. The molecule has 0 saturated carbocycles. The molecule has 6 nitrogen and oxygen atoms in total. The van der Waals surface area contributed by atoms with E-state index in [4.69, 9.17) is 4.74 Å². The number of fused-ring (bicyclic) bond motifs is 3. The first-order valence-corrected chi connectivity index (χ1v) is 6.91. The van der Waals surface area contributed by atoms with E-state index in [1.165, 1.54) is 4.90 Å². The number of aromatic amines is 1. The number of ether oxygens (including phenoxy) is 1. The predicted molar refractivity (Wildman–Crippen MR) is 76.3 cm³/mol. The number of aromatic nitrogens is 1. The van der Waals surface area contributed by atoms with Crippen molar-refractivity contribution in [2.75, 3.05) is 6.61 Å². The van der Waals surface area contributed by atoms with E-state index in [2.05, 4.69) is 4.98 Å². The zero-order valence-corrected chi connectivity index (χ0v) is 11.7. The minimum atomic E-state index is -0.930. The van der Waals surface area contributed by atoms with Gasteiger partial charge in [-0.05, 0) is 31.4 Å². The number of amides is 1. The Morgan fingerprint density at radius 1 is 1.48 bits per heavy atom. The maximum Gasteiger partial charge on any atom is 0.414 e. The Bertz CT molecular complexity index is 669. The molecular formula is C15H16N2O4. The van der Waals surface area contributed by atoms with Gasteiger partial charge in [-0.25, -0.2) is 9.59 Å². The molecule has 1 aliphatic heterocycles. The van der Waals surface area contributed by atoms with Crippen molar-refractivity contribution in [3.63, 3.8) is 0 Å². The number of hydrogen-bond acceptors (Lipinski definition) is 3. The molecular weight excluding hydrogens is 272 g/mol. The molecule has 1 aromatic heterocycles. The molecule has 110 valence electrons. The molecule has 6 heteroatoms. The van der Waals surface area contributed by atoms with Crippen LogP contribution in [0.25, 0.3) is 11.6 Å². The third kappa shape index (κ3) is 2.22. The number of carboxylic acids is 1. The molecule has 0 radical (unpaired) electrons. The lowest BCUT2D eigenvalue weighted by atomic mass is 9.93.